The van der Waals surface area contributed by atoms with E-state index in [0.717, 1.165) is 30.9 Å². The second kappa shape index (κ2) is 5.07. The number of benzene rings is 1. The van der Waals surface area contributed by atoms with Gasteiger partial charge in [-0.05, 0) is 25.6 Å². The maximum atomic E-state index is 9.13. The highest BCUT2D eigenvalue weighted by Gasteiger charge is 2.23. The molecule has 0 bridgehead atoms. The van der Waals surface area contributed by atoms with Crippen LogP contribution in [0.1, 0.15) is 12.0 Å². The van der Waals surface area contributed by atoms with Gasteiger partial charge >= 0.3 is 0 Å². The third kappa shape index (κ3) is 2.34. The van der Waals surface area contributed by atoms with Gasteiger partial charge in [0.25, 0.3) is 0 Å². The minimum atomic E-state index is 0.507. The van der Waals surface area contributed by atoms with Crippen LogP contribution in [0.4, 0.5) is 5.69 Å². The van der Waals surface area contributed by atoms with Crippen molar-refractivity contribution in [1.29, 1.82) is 5.26 Å². The van der Waals surface area contributed by atoms with E-state index in [1.54, 1.807) is 7.11 Å². The zero-order chi connectivity index (χ0) is 12.3. The Morgan fingerprint density at radius 2 is 2.35 bits per heavy atom. The van der Waals surface area contributed by atoms with Crippen molar-refractivity contribution in [3.8, 4) is 11.8 Å². The highest BCUT2D eigenvalue weighted by atomic mass is 16.5. The van der Waals surface area contributed by atoms with E-state index in [0.29, 0.717) is 11.6 Å². The molecule has 4 nitrogen and oxygen atoms in total. The van der Waals surface area contributed by atoms with Crippen LogP contribution in [0.2, 0.25) is 0 Å². The summed E-state index contributed by atoms with van der Waals surface area (Å²) in [6.07, 6.45) is 1.11. The summed E-state index contributed by atoms with van der Waals surface area (Å²) in [4.78, 5) is 2.24. The summed E-state index contributed by atoms with van der Waals surface area (Å²) in [5.41, 5.74) is 1.69. The Kier molecular flexibility index (Phi) is 3.50. The summed E-state index contributed by atoms with van der Waals surface area (Å²) in [7, 11) is 3.62. The van der Waals surface area contributed by atoms with Crippen LogP contribution >= 0.6 is 0 Å². The van der Waals surface area contributed by atoms with E-state index in [1.807, 2.05) is 25.2 Å². The predicted molar refractivity (Wildman–Crippen MR) is 67.4 cm³/mol. The molecular weight excluding hydrogens is 214 g/mol. The number of methoxy groups -OCH3 is 1. The van der Waals surface area contributed by atoms with Crippen molar-refractivity contribution in [3.05, 3.63) is 23.8 Å². The summed E-state index contributed by atoms with van der Waals surface area (Å²) in [6, 6.07) is 8.33. The molecule has 17 heavy (non-hydrogen) atoms. The summed E-state index contributed by atoms with van der Waals surface area (Å²) in [5.74, 6) is 0.798. The van der Waals surface area contributed by atoms with E-state index in [4.69, 9.17) is 10.00 Å². The van der Waals surface area contributed by atoms with Gasteiger partial charge in [-0.1, -0.05) is 0 Å². The second-order valence-electron chi connectivity index (χ2n) is 4.22. The SMILES string of the molecule is CNC1CCN(c2cc(OC)ccc2C#N)C1. The summed E-state index contributed by atoms with van der Waals surface area (Å²) in [5, 5.41) is 12.4. The molecule has 1 aliphatic heterocycles. The van der Waals surface area contributed by atoms with Crippen molar-refractivity contribution in [3.63, 3.8) is 0 Å². The van der Waals surface area contributed by atoms with Gasteiger partial charge in [-0.2, -0.15) is 5.26 Å². The van der Waals surface area contributed by atoms with Crippen LogP contribution in [0, 0.1) is 11.3 Å². The molecule has 0 aromatic heterocycles. The maximum absolute atomic E-state index is 9.13. The Morgan fingerprint density at radius 3 is 2.94 bits per heavy atom. The van der Waals surface area contributed by atoms with Crippen LogP contribution in [0.5, 0.6) is 5.75 Å². The minimum absolute atomic E-state index is 0.507. The van der Waals surface area contributed by atoms with Crippen LogP contribution < -0.4 is 15.0 Å². The predicted octanol–water partition coefficient (Wildman–Crippen LogP) is 1.36. The van der Waals surface area contributed by atoms with Gasteiger partial charge in [0.2, 0.25) is 0 Å². The maximum Gasteiger partial charge on any atom is 0.121 e. The first kappa shape index (κ1) is 11.7. The number of rotatable bonds is 3. The van der Waals surface area contributed by atoms with E-state index in [2.05, 4.69) is 16.3 Å². The smallest absolute Gasteiger partial charge is 0.121 e. The normalized spacial score (nSPS) is 19.1. The molecule has 1 aromatic carbocycles. The van der Waals surface area contributed by atoms with Crippen molar-refractivity contribution in [2.75, 3.05) is 32.1 Å². The number of nitriles is 1. The second-order valence-corrected chi connectivity index (χ2v) is 4.22. The molecule has 2 rings (SSSR count). The van der Waals surface area contributed by atoms with Gasteiger partial charge in [0.05, 0.1) is 18.4 Å². The van der Waals surface area contributed by atoms with Crippen LogP contribution in [0.3, 0.4) is 0 Å². The molecule has 1 unspecified atom stereocenters. The molecule has 4 heteroatoms. The van der Waals surface area contributed by atoms with Crippen molar-refractivity contribution in [2.24, 2.45) is 0 Å². The zero-order valence-corrected chi connectivity index (χ0v) is 10.2. The van der Waals surface area contributed by atoms with Gasteiger partial charge in [-0.15, -0.1) is 0 Å². The number of ether oxygens (including phenoxy) is 1. The lowest BCUT2D eigenvalue weighted by molar-refractivity contribution is 0.415. The van der Waals surface area contributed by atoms with Gasteiger partial charge in [0.1, 0.15) is 11.8 Å². The first-order valence-electron chi connectivity index (χ1n) is 5.79. The van der Waals surface area contributed by atoms with Gasteiger partial charge < -0.3 is 15.0 Å². The Morgan fingerprint density at radius 1 is 1.53 bits per heavy atom. The molecule has 0 aliphatic carbocycles. The molecule has 0 saturated carbocycles. The fraction of sp³-hybridized carbons (Fsp3) is 0.462. The Hall–Kier alpha value is -1.73. The summed E-state index contributed by atoms with van der Waals surface area (Å²) >= 11 is 0. The van der Waals surface area contributed by atoms with Crippen LogP contribution in [-0.4, -0.2) is 33.3 Å². The molecule has 1 fully saturated rings. The monoisotopic (exact) mass is 231 g/mol. The van der Waals surface area contributed by atoms with Gasteiger partial charge in [-0.25, -0.2) is 0 Å². The fourth-order valence-electron chi connectivity index (χ4n) is 2.21. The summed E-state index contributed by atoms with van der Waals surface area (Å²) in [6.45, 7) is 1.92. The molecule has 1 aromatic rings. The largest absolute Gasteiger partial charge is 0.497 e. The van der Waals surface area contributed by atoms with Crippen LogP contribution in [0.15, 0.2) is 18.2 Å². The molecule has 1 N–H and O–H groups in total. The highest BCUT2D eigenvalue weighted by molar-refractivity contribution is 5.62. The van der Waals surface area contributed by atoms with Crippen molar-refractivity contribution in [2.45, 2.75) is 12.5 Å². The number of likely N-dealkylation sites (N-methyl/N-ethyl adjacent to an activating group) is 1. The third-order valence-electron chi connectivity index (χ3n) is 3.26. The average molecular weight is 231 g/mol. The molecular formula is C13H17N3O. The molecule has 0 spiro atoms. The Labute approximate surface area is 102 Å². The topological polar surface area (TPSA) is 48.3 Å². The molecule has 1 atom stereocenters. The number of nitrogens with zero attached hydrogens (tertiary/aromatic N) is 2. The number of hydrogen-bond acceptors (Lipinski definition) is 4. The van der Waals surface area contributed by atoms with Crippen LogP contribution in [0.25, 0.3) is 0 Å². The van der Waals surface area contributed by atoms with Crippen molar-refractivity contribution in [1.82, 2.24) is 5.32 Å². The van der Waals surface area contributed by atoms with Gasteiger partial charge in [-0.3, -0.25) is 0 Å². The van der Waals surface area contributed by atoms with E-state index in [1.165, 1.54) is 0 Å². The molecule has 1 heterocycles. The number of nitrogens with one attached hydrogen (secondary N) is 1. The average Bonchev–Trinajstić information content (AvgIpc) is 2.86. The van der Waals surface area contributed by atoms with Crippen molar-refractivity contribution >= 4 is 5.69 Å². The Bertz CT molecular complexity index is 439. The lowest BCUT2D eigenvalue weighted by Crippen LogP contribution is -2.29. The van der Waals surface area contributed by atoms with E-state index < -0.39 is 0 Å². The number of hydrogen-bond donors (Lipinski definition) is 1. The molecule has 90 valence electrons. The van der Waals surface area contributed by atoms with Crippen LogP contribution in [-0.2, 0) is 0 Å². The standard InChI is InChI=1S/C13H17N3O/c1-15-11-5-6-16(9-11)13-7-12(17-2)4-3-10(13)8-14/h3-4,7,11,15H,5-6,9H2,1-2H3. The first-order chi connectivity index (χ1) is 8.28. The lowest BCUT2D eigenvalue weighted by Gasteiger charge is -2.20. The van der Waals surface area contributed by atoms with Crippen molar-refractivity contribution < 1.29 is 4.74 Å². The quantitative estimate of drug-likeness (QED) is 0.853. The van der Waals surface area contributed by atoms with E-state index >= 15 is 0 Å². The minimum Gasteiger partial charge on any atom is -0.497 e. The summed E-state index contributed by atoms with van der Waals surface area (Å²) < 4.78 is 5.22. The lowest BCUT2D eigenvalue weighted by atomic mass is 10.1. The van der Waals surface area contributed by atoms with Gasteiger partial charge in [0.15, 0.2) is 0 Å². The number of anilines is 1. The van der Waals surface area contributed by atoms with E-state index in [-0.39, 0.29) is 0 Å². The van der Waals surface area contributed by atoms with Gasteiger partial charge in [0, 0.05) is 25.2 Å². The fourth-order valence-corrected chi connectivity index (χ4v) is 2.21. The zero-order valence-electron chi connectivity index (χ0n) is 10.2. The van der Waals surface area contributed by atoms with E-state index in [9.17, 15) is 0 Å². The highest BCUT2D eigenvalue weighted by Crippen LogP contribution is 2.28. The molecule has 1 saturated heterocycles. The Balaban J connectivity index is 2.28. The molecule has 0 amide bonds. The molecule has 1 aliphatic rings. The molecule has 0 radical (unpaired) electrons. The first-order valence-corrected chi connectivity index (χ1v) is 5.79. The third-order valence-corrected chi connectivity index (χ3v) is 3.26.